The molecule has 0 aliphatic carbocycles. The highest BCUT2D eigenvalue weighted by atomic mass is 79.9. The number of halogens is 1. The number of fused-ring (bicyclic) bond motifs is 1. The minimum atomic E-state index is 0. The number of anilines is 2. The molecule has 0 bridgehead atoms. The number of nitrogens with zero attached hydrogens (tertiary/aromatic N) is 2. The standard InChI is InChI=1S/C23H20N2O2.BrH/c1-24-15-25(2)23-21(19-9-5-17(14-27)6-10-19)12-11-20(22(23)24)18-7-3-16(13-26)4-8-18;/h3-14H,15H2,1-2H3;1H. The van der Waals surface area contributed by atoms with Crippen LogP contribution in [0.2, 0.25) is 0 Å². The average Bonchev–Trinajstić information content (AvgIpc) is 3.02. The van der Waals surface area contributed by atoms with Crippen LogP contribution in [0.25, 0.3) is 22.3 Å². The van der Waals surface area contributed by atoms with E-state index >= 15 is 0 Å². The summed E-state index contributed by atoms with van der Waals surface area (Å²) in [5, 5.41) is 0. The molecule has 3 aromatic rings. The van der Waals surface area contributed by atoms with Crippen LogP contribution < -0.4 is 9.80 Å². The van der Waals surface area contributed by atoms with Crippen LogP contribution in [0.4, 0.5) is 11.4 Å². The summed E-state index contributed by atoms with van der Waals surface area (Å²) in [6.45, 7) is 0.804. The van der Waals surface area contributed by atoms with Crippen LogP contribution in [0.3, 0.4) is 0 Å². The Morgan fingerprint density at radius 3 is 1.32 bits per heavy atom. The van der Waals surface area contributed by atoms with E-state index in [9.17, 15) is 9.59 Å². The van der Waals surface area contributed by atoms with Gasteiger partial charge in [0.25, 0.3) is 0 Å². The van der Waals surface area contributed by atoms with Crippen LogP contribution >= 0.6 is 17.0 Å². The van der Waals surface area contributed by atoms with E-state index in [1.165, 1.54) is 11.4 Å². The average molecular weight is 437 g/mol. The number of aldehydes is 2. The predicted octanol–water partition coefficient (Wildman–Crippen LogP) is 5.07. The second-order valence-corrected chi connectivity index (χ2v) is 6.87. The van der Waals surface area contributed by atoms with Crippen molar-refractivity contribution in [2.75, 3.05) is 30.6 Å². The van der Waals surface area contributed by atoms with Gasteiger partial charge in [-0.3, -0.25) is 9.59 Å². The minimum Gasteiger partial charge on any atom is -0.355 e. The van der Waals surface area contributed by atoms with Gasteiger partial charge in [0, 0.05) is 36.3 Å². The predicted molar refractivity (Wildman–Crippen MR) is 120 cm³/mol. The van der Waals surface area contributed by atoms with E-state index in [0.717, 1.165) is 41.5 Å². The lowest BCUT2D eigenvalue weighted by molar-refractivity contribution is 0.111. The van der Waals surface area contributed by atoms with Crippen molar-refractivity contribution in [1.29, 1.82) is 0 Å². The molecule has 0 aromatic heterocycles. The fraction of sp³-hybridized carbons (Fsp3) is 0.130. The van der Waals surface area contributed by atoms with E-state index in [4.69, 9.17) is 0 Å². The fourth-order valence-electron chi connectivity index (χ4n) is 3.76. The Morgan fingerprint density at radius 2 is 1.00 bits per heavy atom. The summed E-state index contributed by atoms with van der Waals surface area (Å²) in [6.07, 6.45) is 1.72. The Bertz CT molecular complexity index is 932. The van der Waals surface area contributed by atoms with Gasteiger partial charge >= 0.3 is 0 Å². The molecule has 0 fully saturated rings. The molecule has 142 valence electrons. The molecule has 0 N–H and O–H groups in total. The third kappa shape index (κ3) is 3.34. The van der Waals surface area contributed by atoms with E-state index in [2.05, 4.69) is 36.0 Å². The Morgan fingerprint density at radius 1 is 0.643 bits per heavy atom. The van der Waals surface area contributed by atoms with Gasteiger partial charge in [0.15, 0.2) is 0 Å². The Labute approximate surface area is 175 Å². The lowest BCUT2D eigenvalue weighted by Crippen LogP contribution is -2.24. The summed E-state index contributed by atoms with van der Waals surface area (Å²) in [6, 6.07) is 19.6. The van der Waals surface area contributed by atoms with Crippen LogP contribution in [-0.4, -0.2) is 33.3 Å². The molecular formula is C23H21BrN2O2. The molecule has 0 atom stereocenters. The maximum atomic E-state index is 10.9. The quantitative estimate of drug-likeness (QED) is 0.535. The molecule has 0 saturated heterocycles. The van der Waals surface area contributed by atoms with Crippen molar-refractivity contribution < 1.29 is 9.59 Å². The van der Waals surface area contributed by atoms with Crippen LogP contribution in [0.5, 0.6) is 0 Å². The number of hydrogen-bond donors (Lipinski definition) is 0. The number of rotatable bonds is 4. The van der Waals surface area contributed by atoms with Gasteiger partial charge in [-0.2, -0.15) is 0 Å². The number of carbonyl (C=O) groups is 2. The molecule has 3 aromatic carbocycles. The summed E-state index contributed by atoms with van der Waals surface area (Å²) in [5.74, 6) is 0. The minimum absolute atomic E-state index is 0. The van der Waals surface area contributed by atoms with Gasteiger partial charge in [0.05, 0.1) is 18.0 Å². The van der Waals surface area contributed by atoms with Gasteiger partial charge in [-0.25, -0.2) is 0 Å². The molecule has 0 saturated carbocycles. The topological polar surface area (TPSA) is 40.6 Å². The van der Waals surface area contributed by atoms with E-state index in [-0.39, 0.29) is 17.0 Å². The van der Waals surface area contributed by atoms with Crippen LogP contribution in [0.15, 0.2) is 60.7 Å². The zero-order chi connectivity index (χ0) is 19.0. The molecule has 28 heavy (non-hydrogen) atoms. The van der Waals surface area contributed by atoms with E-state index in [0.29, 0.717) is 11.1 Å². The maximum absolute atomic E-state index is 10.9. The second kappa shape index (κ2) is 7.98. The molecular weight excluding hydrogens is 416 g/mol. The number of hydrogen-bond acceptors (Lipinski definition) is 4. The van der Waals surface area contributed by atoms with Gasteiger partial charge in [-0.15, -0.1) is 17.0 Å². The third-order valence-electron chi connectivity index (χ3n) is 5.05. The molecule has 4 nitrogen and oxygen atoms in total. The maximum Gasteiger partial charge on any atom is 0.150 e. The van der Waals surface area contributed by atoms with E-state index in [1.807, 2.05) is 48.5 Å². The SMILES string of the molecule is Br.CN1CN(C)c2c(-c3ccc(C=O)cc3)ccc(-c3ccc(C=O)cc3)c21. The van der Waals surface area contributed by atoms with Crippen molar-refractivity contribution in [2.45, 2.75) is 0 Å². The molecule has 1 aliphatic heterocycles. The second-order valence-electron chi connectivity index (χ2n) is 6.87. The molecule has 5 heteroatoms. The Balaban J connectivity index is 0.00000225. The lowest BCUT2D eigenvalue weighted by atomic mass is 9.95. The van der Waals surface area contributed by atoms with Crippen LogP contribution in [-0.2, 0) is 0 Å². The summed E-state index contributed by atoms with van der Waals surface area (Å²) >= 11 is 0. The zero-order valence-electron chi connectivity index (χ0n) is 15.8. The highest BCUT2D eigenvalue weighted by Crippen LogP contribution is 2.47. The fourth-order valence-corrected chi connectivity index (χ4v) is 3.76. The van der Waals surface area contributed by atoms with Gasteiger partial charge in [-0.1, -0.05) is 60.7 Å². The van der Waals surface area contributed by atoms with Crippen molar-refractivity contribution in [1.82, 2.24) is 0 Å². The van der Waals surface area contributed by atoms with Crippen molar-refractivity contribution in [3.63, 3.8) is 0 Å². The summed E-state index contributed by atoms with van der Waals surface area (Å²) in [5.41, 5.74) is 8.15. The summed E-state index contributed by atoms with van der Waals surface area (Å²) < 4.78 is 0. The Kier molecular flexibility index (Phi) is 5.66. The van der Waals surface area contributed by atoms with E-state index < -0.39 is 0 Å². The third-order valence-corrected chi connectivity index (χ3v) is 5.05. The summed E-state index contributed by atoms with van der Waals surface area (Å²) in [4.78, 5) is 26.4. The molecule has 0 radical (unpaired) electrons. The smallest absolute Gasteiger partial charge is 0.150 e. The highest BCUT2D eigenvalue weighted by molar-refractivity contribution is 8.93. The van der Waals surface area contributed by atoms with Crippen molar-refractivity contribution in [3.8, 4) is 22.3 Å². The van der Waals surface area contributed by atoms with Crippen molar-refractivity contribution >= 4 is 40.9 Å². The molecule has 1 aliphatic rings. The number of benzene rings is 3. The molecule has 1 heterocycles. The van der Waals surface area contributed by atoms with Gasteiger partial charge in [-0.05, 0) is 11.1 Å². The zero-order valence-corrected chi connectivity index (χ0v) is 17.5. The van der Waals surface area contributed by atoms with Crippen LogP contribution in [0, 0.1) is 0 Å². The monoisotopic (exact) mass is 436 g/mol. The first kappa shape index (κ1) is 19.8. The molecule has 0 amide bonds. The molecule has 4 rings (SSSR count). The van der Waals surface area contributed by atoms with Gasteiger partial charge < -0.3 is 9.80 Å². The largest absolute Gasteiger partial charge is 0.355 e. The Hall–Kier alpha value is -2.92. The van der Waals surface area contributed by atoms with Gasteiger partial charge in [0.1, 0.15) is 12.6 Å². The number of carbonyl (C=O) groups excluding carboxylic acids is 2. The first-order chi connectivity index (χ1) is 13.1. The first-order valence-corrected chi connectivity index (χ1v) is 8.83. The summed E-state index contributed by atoms with van der Waals surface area (Å²) in [7, 11) is 4.18. The molecule has 0 spiro atoms. The first-order valence-electron chi connectivity index (χ1n) is 8.83. The normalized spacial score (nSPS) is 12.4. The molecule has 0 unspecified atom stereocenters. The van der Waals surface area contributed by atoms with E-state index in [1.54, 1.807) is 0 Å². The van der Waals surface area contributed by atoms with Crippen LogP contribution in [0.1, 0.15) is 20.7 Å². The van der Waals surface area contributed by atoms with Crippen molar-refractivity contribution in [2.24, 2.45) is 0 Å². The lowest BCUT2D eigenvalue weighted by Gasteiger charge is -2.18. The van der Waals surface area contributed by atoms with Crippen molar-refractivity contribution in [3.05, 3.63) is 71.8 Å². The van der Waals surface area contributed by atoms with Gasteiger partial charge in [0.2, 0.25) is 0 Å². The highest BCUT2D eigenvalue weighted by Gasteiger charge is 2.27.